The number of aliphatic carboxylic acids is 1. The van der Waals surface area contributed by atoms with Crippen molar-refractivity contribution in [2.45, 2.75) is 13.3 Å². The second-order valence-corrected chi connectivity index (χ2v) is 3.94. The van der Waals surface area contributed by atoms with E-state index in [-0.39, 0.29) is 12.3 Å². The van der Waals surface area contributed by atoms with Gasteiger partial charge in [0.15, 0.2) is 0 Å². The zero-order chi connectivity index (χ0) is 9.56. The largest absolute Gasteiger partial charge is 0.481 e. The van der Waals surface area contributed by atoms with E-state index in [0.717, 1.165) is 5.75 Å². The van der Waals surface area contributed by atoms with Crippen LogP contribution in [-0.2, 0) is 4.79 Å². The predicted molar refractivity (Wildman–Crippen MR) is 52.3 cm³/mol. The van der Waals surface area contributed by atoms with Gasteiger partial charge in [0.25, 0.3) is 0 Å². The Morgan fingerprint density at radius 1 is 1.67 bits per heavy atom. The first-order valence-electron chi connectivity index (χ1n) is 4.02. The number of carbonyl (C=O) groups is 1. The van der Waals surface area contributed by atoms with E-state index in [1.54, 1.807) is 11.8 Å². The molecule has 0 fully saturated rings. The monoisotopic (exact) mass is 191 g/mol. The van der Waals surface area contributed by atoms with Gasteiger partial charge in [-0.1, -0.05) is 6.92 Å². The predicted octanol–water partition coefficient (Wildman–Crippen LogP) is 1.04. The van der Waals surface area contributed by atoms with Crippen LogP contribution in [0.4, 0.5) is 0 Å². The molecule has 0 saturated carbocycles. The normalized spacial score (nSPS) is 15.6. The van der Waals surface area contributed by atoms with Crippen LogP contribution in [0.25, 0.3) is 0 Å². The van der Waals surface area contributed by atoms with Crippen molar-refractivity contribution >= 4 is 17.7 Å². The smallest absolute Gasteiger partial charge is 0.303 e. The summed E-state index contributed by atoms with van der Waals surface area (Å²) in [6.07, 6.45) is 2.21. The molecule has 0 aliphatic heterocycles. The Labute approximate surface area is 77.7 Å². The molecule has 4 heteroatoms. The van der Waals surface area contributed by atoms with Crippen molar-refractivity contribution in [3.63, 3.8) is 0 Å². The highest BCUT2D eigenvalue weighted by Crippen LogP contribution is 2.18. The molecule has 72 valence electrons. The van der Waals surface area contributed by atoms with Gasteiger partial charge in [-0.3, -0.25) is 4.79 Å². The van der Waals surface area contributed by atoms with Gasteiger partial charge in [-0.05, 0) is 30.4 Å². The summed E-state index contributed by atoms with van der Waals surface area (Å²) in [5.41, 5.74) is 5.48. The molecule has 0 rings (SSSR count). The number of hydrogen-bond acceptors (Lipinski definition) is 3. The Morgan fingerprint density at radius 2 is 2.25 bits per heavy atom. The van der Waals surface area contributed by atoms with Crippen molar-refractivity contribution in [2.24, 2.45) is 17.6 Å². The summed E-state index contributed by atoms with van der Waals surface area (Å²) in [6, 6.07) is 0. The third-order valence-electron chi connectivity index (χ3n) is 1.97. The van der Waals surface area contributed by atoms with Crippen molar-refractivity contribution in [2.75, 3.05) is 18.6 Å². The third-order valence-corrected chi connectivity index (χ3v) is 2.83. The maximum absolute atomic E-state index is 10.4. The zero-order valence-corrected chi connectivity index (χ0v) is 8.43. The fourth-order valence-electron chi connectivity index (χ4n) is 1.14. The van der Waals surface area contributed by atoms with Crippen LogP contribution in [-0.4, -0.2) is 29.6 Å². The van der Waals surface area contributed by atoms with Crippen LogP contribution in [0, 0.1) is 11.8 Å². The van der Waals surface area contributed by atoms with Gasteiger partial charge >= 0.3 is 5.97 Å². The van der Waals surface area contributed by atoms with Gasteiger partial charge in [0, 0.05) is 6.42 Å². The molecule has 0 amide bonds. The van der Waals surface area contributed by atoms with E-state index in [0.29, 0.717) is 12.5 Å². The lowest BCUT2D eigenvalue weighted by molar-refractivity contribution is -0.138. The number of rotatable bonds is 6. The fourth-order valence-corrected chi connectivity index (χ4v) is 1.94. The standard InChI is InChI=1S/C8H17NO2S/c1-6(5-12-2)7(4-9)3-8(10)11/h6-7H,3-5,9H2,1-2H3,(H,10,11). The molecule has 0 aromatic rings. The van der Waals surface area contributed by atoms with Gasteiger partial charge in [0.1, 0.15) is 0 Å². The van der Waals surface area contributed by atoms with Gasteiger partial charge < -0.3 is 10.8 Å². The Balaban J connectivity index is 3.86. The Morgan fingerprint density at radius 3 is 2.58 bits per heavy atom. The van der Waals surface area contributed by atoms with Crippen LogP contribution in [0.2, 0.25) is 0 Å². The summed E-state index contributed by atoms with van der Waals surface area (Å²) >= 11 is 1.73. The lowest BCUT2D eigenvalue weighted by Crippen LogP contribution is -2.25. The molecule has 0 spiro atoms. The van der Waals surface area contributed by atoms with Gasteiger partial charge in [-0.2, -0.15) is 11.8 Å². The van der Waals surface area contributed by atoms with E-state index in [1.165, 1.54) is 0 Å². The molecule has 0 aliphatic rings. The van der Waals surface area contributed by atoms with Crippen molar-refractivity contribution in [3.8, 4) is 0 Å². The van der Waals surface area contributed by atoms with Crippen LogP contribution in [0.15, 0.2) is 0 Å². The summed E-state index contributed by atoms with van der Waals surface area (Å²) in [5.74, 6) is 0.740. The van der Waals surface area contributed by atoms with Gasteiger partial charge in [0.2, 0.25) is 0 Å². The van der Waals surface area contributed by atoms with Crippen LogP contribution in [0.3, 0.4) is 0 Å². The molecule has 3 nitrogen and oxygen atoms in total. The first kappa shape index (κ1) is 11.8. The number of hydrogen-bond donors (Lipinski definition) is 2. The Bertz CT molecular complexity index is 141. The molecule has 0 radical (unpaired) electrons. The number of carboxylic acid groups (broad SMARTS) is 1. The molecular formula is C8H17NO2S. The van der Waals surface area contributed by atoms with Crippen LogP contribution in [0.5, 0.6) is 0 Å². The van der Waals surface area contributed by atoms with E-state index < -0.39 is 5.97 Å². The van der Waals surface area contributed by atoms with E-state index in [2.05, 4.69) is 6.92 Å². The van der Waals surface area contributed by atoms with Crippen LogP contribution < -0.4 is 5.73 Å². The molecule has 0 bridgehead atoms. The Hall–Kier alpha value is -0.220. The first-order valence-corrected chi connectivity index (χ1v) is 5.42. The minimum Gasteiger partial charge on any atom is -0.481 e. The van der Waals surface area contributed by atoms with E-state index in [9.17, 15) is 4.79 Å². The molecule has 0 aromatic carbocycles. The highest BCUT2D eigenvalue weighted by Gasteiger charge is 2.18. The molecule has 0 saturated heterocycles. The first-order chi connectivity index (χ1) is 5.61. The lowest BCUT2D eigenvalue weighted by atomic mass is 9.93. The Kier molecular flexibility index (Phi) is 6.20. The highest BCUT2D eigenvalue weighted by molar-refractivity contribution is 7.98. The molecular weight excluding hydrogens is 174 g/mol. The van der Waals surface area contributed by atoms with E-state index in [1.807, 2.05) is 6.26 Å². The number of nitrogens with two attached hydrogens (primary N) is 1. The van der Waals surface area contributed by atoms with Crippen molar-refractivity contribution in [1.82, 2.24) is 0 Å². The molecule has 0 heterocycles. The maximum atomic E-state index is 10.4. The van der Waals surface area contributed by atoms with Crippen LogP contribution >= 0.6 is 11.8 Å². The second-order valence-electron chi connectivity index (χ2n) is 3.03. The molecule has 12 heavy (non-hydrogen) atoms. The molecule has 2 atom stereocenters. The van der Waals surface area contributed by atoms with Crippen molar-refractivity contribution in [1.29, 1.82) is 0 Å². The quantitative estimate of drug-likeness (QED) is 0.658. The maximum Gasteiger partial charge on any atom is 0.303 e. The van der Waals surface area contributed by atoms with Crippen molar-refractivity contribution in [3.05, 3.63) is 0 Å². The minimum absolute atomic E-state index is 0.120. The average Bonchev–Trinajstić information content (AvgIpc) is 2.00. The van der Waals surface area contributed by atoms with Gasteiger partial charge in [-0.15, -0.1) is 0 Å². The van der Waals surface area contributed by atoms with E-state index >= 15 is 0 Å². The summed E-state index contributed by atoms with van der Waals surface area (Å²) in [7, 11) is 0. The van der Waals surface area contributed by atoms with Gasteiger partial charge in [-0.25, -0.2) is 0 Å². The summed E-state index contributed by atoms with van der Waals surface area (Å²) in [5, 5.41) is 8.57. The summed E-state index contributed by atoms with van der Waals surface area (Å²) < 4.78 is 0. The summed E-state index contributed by atoms with van der Waals surface area (Å²) in [4.78, 5) is 10.4. The minimum atomic E-state index is -0.751. The van der Waals surface area contributed by atoms with E-state index in [4.69, 9.17) is 10.8 Å². The fraction of sp³-hybridized carbons (Fsp3) is 0.875. The van der Waals surface area contributed by atoms with Crippen molar-refractivity contribution < 1.29 is 9.90 Å². The molecule has 0 aromatic heterocycles. The second kappa shape index (κ2) is 6.31. The van der Waals surface area contributed by atoms with Gasteiger partial charge in [0.05, 0.1) is 0 Å². The lowest BCUT2D eigenvalue weighted by Gasteiger charge is -2.19. The summed E-state index contributed by atoms with van der Waals surface area (Å²) in [6.45, 7) is 2.52. The average molecular weight is 191 g/mol. The number of carboxylic acids is 1. The zero-order valence-electron chi connectivity index (χ0n) is 7.62. The molecule has 3 N–H and O–H groups in total. The number of thioether (sulfide) groups is 1. The molecule has 0 aliphatic carbocycles. The molecule has 2 unspecified atom stereocenters. The topological polar surface area (TPSA) is 63.3 Å². The third kappa shape index (κ3) is 4.62. The van der Waals surface area contributed by atoms with Crippen LogP contribution in [0.1, 0.15) is 13.3 Å². The highest BCUT2D eigenvalue weighted by atomic mass is 32.2. The SMILES string of the molecule is CSCC(C)C(CN)CC(=O)O.